The van der Waals surface area contributed by atoms with Crippen LogP contribution in [0.1, 0.15) is 16.8 Å². The van der Waals surface area contributed by atoms with Gasteiger partial charge in [-0.1, -0.05) is 30.3 Å². The van der Waals surface area contributed by atoms with Gasteiger partial charge in [0.1, 0.15) is 5.82 Å². The average molecular weight is 364 g/mol. The minimum atomic E-state index is -0.507. The van der Waals surface area contributed by atoms with E-state index in [2.05, 4.69) is 14.9 Å². The zero-order chi connectivity index (χ0) is 18.8. The Morgan fingerprint density at radius 2 is 2.00 bits per heavy atom. The van der Waals surface area contributed by atoms with Crippen LogP contribution in [0.25, 0.3) is 11.4 Å². The van der Waals surface area contributed by atoms with Crippen molar-refractivity contribution < 1.29 is 9.31 Å². The van der Waals surface area contributed by atoms with E-state index < -0.39 is 10.7 Å². The number of hydrogen-bond donors (Lipinski definition) is 0. The fourth-order valence-corrected chi connectivity index (χ4v) is 3.27. The zero-order valence-electron chi connectivity index (χ0n) is 14.5. The number of hydrogen-bond acceptors (Lipinski definition) is 5. The van der Waals surface area contributed by atoms with Crippen molar-refractivity contribution in [3.8, 4) is 11.4 Å². The van der Waals surface area contributed by atoms with Gasteiger partial charge in [-0.2, -0.15) is 0 Å². The van der Waals surface area contributed by atoms with E-state index in [-0.39, 0.29) is 5.69 Å². The summed E-state index contributed by atoms with van der Waals surface area (Å²) in [6, 6.07) is 13.4. The molecule has 0 unspecified atom stereocenters. The first-order valence-corrected chi connectivity index (χ1v) is 8.65. The number of non-ortho nitro benzene ring substituents is 1. The Bertz CT molecular complexity index is 995. The molecule has 0 atom stereocenters. The van der Waals surface area contributed by atoms with Crippen LogP contribution < -0.4 is 0 Å². The van der Waals surface area contributed by atoms with Crippen LogP contribution in [0.5, 0.6) is 0 Å². The summed E-state index contributed by atoms with van der Waals surface area (Å²) in [7, 11) is 0. The van der Waals surface area contributed by atoms with Crippen molar-refractivity contribution in [2.45, 2.75) is 19.5 Å². The molecular weight excluding hydrogens is 347 g/mol. The molecule has 0 aliphatic carbocycles. The smallest absolute Gasteiger partial charge is 0.269 e. The van der Waals surface area contributed by atoms with E-state index in [1.54, 1.807) is 0 Å². The lowest BCUT2D eigenvalue weighted by atomic mass is 10.1. The molecule has 0 fully saturated rings. The van der Waals surface area contributed by atoms with Crippen LogP contribution in [0, 0.1) is 15.9 Å². The molecule has 0 saturated heterocycles. The third-order valence-electron chi connectivity index (χ3n) is 4.68. The molecule has 0 spiro atoms. The zero-order valence-corrected chi connectivity index (χ0v) is 14.5. The number of halogens is 1. The van der Waals surface area contributed by atoms with E-state index in [9.17, 15) is 14.5 Å². The van der Waals surface area contributed by atoms with Gasteiger partial charge < -0.3 is 0 Å². The minimum Gasteiger partial charge on any atom is -0.294 e. The Morgan fingerprint density at radius 3 is 2.78 bits per heavy atom. The minimum absolute atomic E-state index is 0.0976. The molecule has 1 aromatic heterocycles. The standard InChI is InChI=1S/C20H17FN4O2/c21-18-7-6-17(25(26)27)10-15(18)12-24-9-8-19-16(13-24)11-22-20(23-19)14-4-2-1-3-5-14/h1-7,10-11H,8-9,12-13H2. The second kappa shape index (κ2) is 7.20. The highest BCUT2D eigenvalue weighted by atomic mass is 19.1. The van der Waals surface area contributed by atoms with Crippen molar-refractivity contribution in [1.29, 1.82) is 0 Å². The lowest BCUT2D eigenvalue weighted by molar-refractivity contribution is -0.385. The van der Waals surface area contributed by atoms with E-state index in [4.69, 9.17) is 0 Å². The van der Waals surface area contributed by atoms with Gasteiger partial charge in [-0.25, -0.2) is 14.4 Å². The number of nitro groups is 1. The van der Waals surface area contributed by atoms with Crippen molar-refractivity contribution in [1.82, 2.24) is 14.9 Å². The van der Waals surface area contributed by atoms with Gasteiger partial charge >= 0.3 is 0 Å². The lowest BCUT2D eigenvalue weighted by Crippen LogP contribution is -2.31. The fraction of sp³-hybridized carbons (Fsp3) is 0.200. The summed E-state index contributed by atoms with van der Waals surface area (Å²) in [5, 5.41) is 10.9. The quantitative estimate of drug-likeness (QED) is 0.521. The Labute approximate surface area is 155 Å². The summed E-state index contributed by atoms with van der Waals surface area (Å²) in [6.45, 7) is 1.61. The number of rotatable bonds is 4. The van der Waals surface area contributed by atoms with Gasteiger partial charge in [0.2, 0.25) is 0 Å². The average Bonchev–Trinajstić information content (AvgIpc) is 2.69. The molecule has 0 saturated carbocycles. The van der Waals surface area contributed by atoms with Crippen LogP contribution in [0.3, 0.4) is 0 Å². The molecule has 0 bridgehead atoms. The number of fused-ring (bicyclic) bond motifs is 1. The van der Waals surface area contributed by atoms with Crippen molar-refractivity contribution in [2.24, 2.45) is 0 Å². The second-order valence-corrected chi connectivity index (χ2v) is 6.53. The second-order valence-electron chi connectivity index (χ2n) is 6.53. The maximum Gasteiger partial charge on any atom is 0.269 e. The van der Waals surface area contributed by atoms with Gasteiger partial charge in [-0.05, 0) is 6.07 Å². The third kappa shape index (κ3) is 3.68. The number of nitrogens with zero attached hydrogens (tertiary/aromatic N) is 4. The van der Waals surface area contributed by atoms with E-state index in [1.165, 1.54) is 12.1 Å². The molecule has 27 heavy (non-hydrogen) atoms. The molecule has 0 N–H and O–H groups in total. The van der Waals surface area contributed by atoms with Crippen LogP contribution in [-0.4, -0.2) is 26.3 Å². The Morgan fingerprint density at radius 1 is 1.19 bits per heavy atom. The van der Waals surface area contributed by atoms with Gasteiger partial charge in [0.15, 0.2) is 5.82 Å². The van der Waals surface area contributed by atoms with Crippen LogP contribution in [0.15, 0.2) is 54.7 Å². The first-order valence-electron chi connectivity index (χ1n) is 8.65. The van der Waals surface area contributed by atoms with E-state index in [0.29, 0.717) is 31.0 Å². The number of aromatic nitrogens is 2. The summed E-state index contributed by atoms with van der Waals surface area (Å²) >= 11 is 0. The molecule has 2 heterocycles. The van der Waals surface area contributed by atoms with Crippen LogP contribution in [0.4, 0.5) is 10.1 Å². The van der Waals surface area contributed by atoms with Gasteiger partial charge in [-0.3, -0.25) is 15.0 Å². The van der Waals surface area contributed by atoms with Crippen LogP contribution in [0.2, 0.25) is 0 Å². The largest absolute Gasteiger partial charge is 0.294 e. The molecule has 7 heteroatoms. The Hall–Kier alpha value is -3.19. The normalized spacial score (nSPS) is 14.0. The molecule has 136 valence electrons. The van der Waals surface area contributed by atoms with Crippen molar-refractivity contribution in [2.75, 3.05) is 6.54 Å². The fourth-order valence-electron chi connectivity index (χ4n) is 3.27. The molecule has 3 aromatic rings. The topological polar surface area (TPSA) is 72.2 Å². The first-order chi connectivity index (χ1) is 13.1. The summed E-state index contributed by atoms with van der Waals surface area (Å²) in [5.41, 5.74) is 3.21. The summed E-state index contributed by atoms with van der Waals surface area (Å²) in [4.78, 5) is 21.6. The number of nitro benzene ring substituents is 1. The molecule has 4 rings (SSSR count). The maximum atomic E-state index is 14.1. The molecule has 6 nitrogen and oxygen atoms in total. The third-order valence-corrected chi connectivity index (χ3v) is 4.68. The lowest BCUT2D eigenvalue weighted by Gasteiger charge is -2.28. The van der Waals surface area contributed by atoms with Crippen molar-refractivity contribution >= 4 is 5.69 Å². The molecule has 0 amide bonds. The van der Waals surface area contributed by atoms with Crippen molar-refractivity contribution in [3.05, 3.63) is 87.5 Å². The van der Waals surface area contributed by atoms with E-state index in [0.717, 1.165) is 29.3 Å². The highest BCUT2D eigenvalue weighted by Gasteiger charge is 2.21. The monoisotopic (exact) mass is 364 g/mol. The van der Waals surface area contributed by atoms with Gasteiger partial charge in [0.25, 0.3) is 5.69 Å². The van der Waals surface area contributed by atoms with Gasteiger partial charge in [-0.15, -0.1) is 0 Å². The molecule has 0 radical (unpaired) electrons. The first kappa shape index (κ1) is 17.2. The summed E-state index contributed by atoms with van der Waals surface area (Å²) in [6.07, 6.45) is 2.55. The summed E-state index contributed by atoms with van der Waals surface area (Å²) < 4.78 is 14.1. The Balaban J connectivity index is 1.52. The SMILES string of the molecule is O=[N+]([O-])c1ccc(F)c(CN2CCc3nc(-c4ccccc4)ncc3C2)c1. The molecular formula is C20H17FN4O2. The highest BCUT2D eigenvalue weighted by molar-refractivity contribution is 5.54. The molecule has 1 aliphatic rings. The number of benzene rings is 2. The van der Waals surface area contributed by atoms with Crippen LogP contribution >= 0.6 is 0 Å². The highest BCUT2D eigenvalue weighted by Crippen LogP contribution is 2.24. The molecule has 1 aliphatic heterocycles. The van der Waals surface area contributed by atoms with Gasteiger partial charge in [0.05, 0.1) is 10.6 Å². The summed E-state index contributed by atoms with van der Waals surface area (Å²) in [5.74, 6) is 0.273. The molecule has 2 aromatic carbocycles. The predicted molar refractivity (Wildman–Crippen MR) is 98.3 cm³/mol. The Kier molecular flexibility index (Phi) is 4.60. The maximum absolute atomic E-state index is 14.1. The van der Waals surface area contributed by atoms with E-state index >= 15 is 0 Å². The van der Waals surface area contributed by atoms with Crippen molar-refractivity contribution in [3.63, 3.8) is 0 Å². The van der Waals surface area contributed by atoms with E-state index in [1.807, 2.05) is 36.5 Å². The predicted octanol–water partition coefficient (Wildman–Crippen LogP) is 3.75. The van der Waals surface area contributed by atoms with Crippen LogP contribution in [-0.2, 0) is 19.5 Å². The van der Waals surface area contributed by atoms with Gasteiger partial charge in [0, 0.05) is 61.1 Å².